The molecular weight excluding hydrogens is 1020 g/mol. The fourth-order valence-corrected chi connectivity index (χ4v) is 8.42. The van der Waals surface area contributed by atoms with E-state index in [2.05, 4.69) is 154 Å². The Balaban J connectivity index is 4.89. The van der Waals surface area contributed by atoms with Gasteiger partial charge in [0.25, 0.3) is 0 Å². The number of rotatable bonds is 55. The zero-order chi connectivity index (χ0) is 58.3. The summed E-state index contributed by atoms with van der Waals surface area (Å²) < 4.78 is 39.5. The molecule has 2 N–H and O–H groups in total. The summed E-state index contributed by atoms with van der Waals surface area (Å²) in [4.78, 5) is 48.6. The van der Waals surface area contributed by atoms with Crippen molar-refractivity contribution < 1.29 is 52.2 Å². The minimum atomic E-state index is -4.79. The van der Waals surface area contributed by atoms with Crippen LogP contribution in [-0.2, 0) is 42.2 Å². The summed E-state index contributed by atoms with van der Waals surface area (Å²) in [6, 6.07) is 0. The molecule has 0 saturated carbocycles. The highest BCUT2D eigenvalue weighted by Gasteiger charge is 2.28. The van der Waals surface area contributed by atoms with E-state index >= 15 is 0 Å². The number of phosphoric acid groups is 1. The number of allylic oxidation sites excluding steroid dienone is 24. The standard InChI is InChI=1S/C68H109O11P/c1-4-7-10-13-16-19-22-25-28-30-32-34-37-39-42-45-48-51-54-57-66(70)75-61-65(79-68(72)59-56-53-50-47-44-41-38-35-33-31-29-26-23-20-17-14-11-8-5-2)63-77-80(73,74)76-62-64(60-69)78-67(71)58-55-52-49-46-43-40-36-27-24-21-18-15-12-9-6-3/h7,9-10,12,16-21,25-29,32,34,36,39,42-43,46,48,51,64-65,69H,4-6,8,11,13-15,22-24,30-31,33,35,37-38,40-41,44-45,47,49-50,52-63H2,1-3H3,(H,73,74)/b10-7-,12-9-,19-16-,20-17-,21-18-,28-25-,29-26-,34-32-,36-27-,42-39-,46-43-,51-48-. The van der Waals surface area contributed by atoms with Gasteiger partial charge in [-0.2, -0.15) is 0 Å². The minimum Gasteiger partial charge on any atom is -0.462 e. The van der Waals surface area contributed by atoms with Crippen molar-refractivity contribution in [3.8, 4) is 0 Å². The van der Waals surface area contributed by atoms with Gasteiger partial charge in [0, 0.05) is 19.3 Å². The molecule has 0 rings (SSSR count). The summed E-state index contributed by atoms with van der Waals surface area (Å²) in [7, 11) is -4.79. The van der Waals surface area contributed by atoms with Crippen LogP contribution in [0.1, 0.15) is 226 Å². The maximum atomic E-state index is 12.9. The van der Waals surface area contributed by atoms with E-state index in [1.54, 1.807) is 0 Å². The molecule has 3 atom stereocenters. The van der Waals surface area contributed by atoms with E-state index in [1.807, 2.05) is 12.2 Å². The van der Waals surface area contributed by atoms with Gasteiger partial charge < -0.3 is 24.2 Å². The average Bonchev–Trinajstić information content (AvgIpc) is 3.45. The lowest BCUT2D eigenvalue weighted by molar-refractivity contribution is -0.161. The summed E-state index contributed by atoms with van der Waals surface area (Å²) in [6.45, 7) is 4.25. The number of aliphatic hydroxyl groups is 1. The molecule has 11 nitrogen and oxygen atoms in total. The average molecular weight is 1130 g/mol. The molecule has 12 heteroatoms. The predicted molar refractivity (Wildman–Crippen MR) is 334 cm³/mol. The maximum absolute atomic E-state index is 12.9. The summed E-state index contributed by atoms with van der Waals surface area (Å²) in [5, 5.41) is 9.83. The molecule has 0 bridgehead atoms. The highest BCUT2D eigenvalue weighted by Crippen LogP contribution is 2.43. The van der Waals surface area contributed by atoms with Crippen molar-refractivity contribution in [2.75, 3.05) is 26.4 Å². The van der Waals surface area contributed by atoms with Crippen LogP contribution in [0.5, 0.6) is 0 Å². The number of hydrogen-bond donors (Lipinski definition) is 2. The quantitative estimate of drug-likeness (QED) is 0.0197. The number of aliphatic hydroxyl groups excluding tert-OH is 1. The molecule has 0 heterocycles. The van der Waals surface area contributed by atoms with Crippen LogP contribution < -0.4 is 0 Å². The van der Waals surface area contributed by atoms with Crippen molar-refractivity contribution in [1.29, 1.82) is 0 Å². The molecule has 0 aliphatic heterocycles. The van der Waals surface area contributed by atoms with Gasteiger partial charge in [0.1, 0.15) is 12.7 Å². The highest BCUT2D eigenvalue weighted by molar-refractivity contribution is 7.47. The van der Waals surface area contributed by atoms with Crippen LogP contribution in [0.15, 0.2) is 146 Å². The van der Waals surface area contributed by atoms with Gasteiger partial charge in [0.05, 0.1) is 19.8 Å². The molecule has 452 valence electrons. The minimum absolute atomic E-state index is 0.0898. The third kappa shape index (κ3) is 58.0. The first-order valence-corrected chi connectivity index (χ1v) is 32.2. The molecule has 0 aliphatic carbocycles. The Bertz CT molecular complexity index is 1900. The van der Waals surface area contributed by atoms with Crippen molar-refractivity contribution in [1.82, 2.24) is 0 Å². The largest absolute Gasteiger partial charge is 0.472 e. The van der Waals surface area contributed by atoms with Gasteiger partial charge in [-0.3, -0.25) is 23.4 Å². The zero-order valence-corrected chi connectivity index (χ0v) is 50.9. The molecule has 0 aliphatic rings. The second kappa shape index (κ2) is 60.5. The van der Waals surface area contributed by atoms with E-state index in [-0.39, 0.29) is 25.9 Å². The first kappa shape index (κ1) is 75.4. The lowest BCUT2D eigenvalue weighted by Gasteiger charge is -2.21. The van der Waals surface area contributed by atoms with Crippen LogP contribution in [0, 0.1) is 0 Å². The third-order valence-corrected chi connectivity index (χ3v) is 13.2. The van der Waals surface area contributed by atoms with Crippen molar-refractivity contribution in [3.05, 3.63) is 146 Å². The summed E-state index contributed by atoms with van der Waals surface area (Å²) in [5.41, 5.74) is 0. The Kier molecular flexibility index (Phi) is 56.9. The number of carbonyl (C=O) groups excluding carboxylic acids is 3. The van der Waals surface area contributed by atoms with E-state index < -0.39 is 57.8 Å². The second-order valence-corrected chi connectivity index (χ2v) is 21.2. The highest BCUT2D eigenvalue weighted by atomic mass is 31.2. The Labute approximate surface area is 486 Å². The fourth-order valence-electron chi connectivity index (χ4n) is 7.64. The lowest BCUT2D eigenvalue weighted by atomic mass is 10.1. The Morgan fingerprint density at radius 3 is 1.07 bits per heavy atom. The molecule has 0 amide bonds. The first-order chi connectivity index (χ1) is 39.2. The molecule has 0 radical (unpaired) electrons. The summed E-state index contributed by atoms with van der Waals surface area (Å²) in [6.07, 6.45) is 78.2. The first-order valence-electron chi connectivity index (χ1n) is 30.7. The van der Waals surface area contributed by atoms with Crippen molar-refractivity contribution in [2.45, 2.75) is 238 Å². The van der Waals surface area contributed by atoms with Gasteiger partial charge in [0.15, 0.2) is 6.10 Å². The fraction of sp³-hybridized carbons (Fsp3) is 0.603. The van der Waals surface area contributed by atoms with Gasteiger partial charge in [-0.25, -0.2) is 4.57 Å². The third-order valence-electron chi connectivity index (χ3n) is 12.2. The van der Waals surface area contributed by atoms with E-state index in [0.29, 0.717) is 19.3 Å². The van der Waals surface area contributed by atoms with Crippen LogP contribution >= 0.6 is 7.82 Å². The van der Waals surface area contributed by atoms with Crippen LogP contribution in [0.4, 0.5) is 0 Å². The second-order valence-electron chi connectivity index (χ2n) is 19.7. The molecule has 0 spiro atoms. The van der Waals surface area contributed by atoms with Gasteiger partial charge >= 0.3 is 25.7 Å². The molecule has 0 fully saturated rings. The maximum Gasteiger partial charge on any atom is 0.472 e. The van der Waals surface area contributed by atoms with E-state index in [0.717, 1.165) is 116 Å². The number of unbranched alkanes of at least 4 members (excludes halogenated alkanes) is 14. The number of ether oxygens (including phenoxy) is 3. The topological polar surface area (TPSA) is 155 Å². The summed E-state index contributed by atoms with van der Waals surface area (Å²) >= 11 is 0. The zero-order valence-electron chi connectivity index (χ0n) is 50.0. The van der Waals surface area contributed by atoms with Crippen molar-refractivity contribution >= 4 is 25.7 Å². The van der Waals surface area contributed by atoms with Crippen LogP contribution in [0.2, 0.25) is 0 Å². The number of hydrogen-bond acceptors (Lipinski definition) is 10. The van der Waals surface area contributed by atoms with Crippen molar-refractivity contribution in [2.24, 2.45) is 0 Å². The molecule has 80 heavy (non-hydrogen) atoms. The smallest absolute Gasteiger partial charge is 0.462 e. The Hall–Kier alpha value is -4.64. The monoisotopic (exact) mass is 1130 g/mol. The Morgan fingerprint density at radius 1 is 0.362 bits per heavy atom. The Morgan fingerprint density at radius 2 is 0.675 bits per heavy atom. The van der Waals surface area contributed by atoms with Crippen molar-refractivity contribution in [3.63, 3.8) is 0 Å². The van der Waals surface area contributed by atoms with Gasteiger partial charge in [-0.05, 0) is 128 Å². The SMILES string of the molecule is CC/C=C\C/C=C\C/C=C\C/C=C\C/C=C\C/C=C\CCC(=O)OCC(COP(=O)(O)OCC(CO)OC(=O)CCCC/C=C\C/C=C\C/C=C\C/C=C\CC)OC(=O)CCCCCCCCCCC/C=C\C/C=C\CCCCC. The molecular formula is C68H109O11P. The molecule has 0 aromatic carbocycles. The number of esters is 3. The molecule has 0 aromatic rings. The summed E-state index contributed by atoms with van der Waals surface area (Å²) in [5.74, 6) is -1.63. The van der Waals surface area contributed by atoms with Crippen LogP contribution in [-0.4, -0.2) is 66.5 Å². The molecule has 0 aromatic heterocycles. The van der Waals surface area contributed by atoms with Gasteiger partial charge in [0.2, 0.25) is 0 Å². The van der Waals surface area contributed by atoms with Crippen LogP contribution in [0.3, 0.4) is 0 Å². The van der Waals surface area contributed by atoms with E-state index in [1.165, 1.54) is 51.4 Å². The molecule has 0 saturated heterocycles. The van der Waals surface area contributed by atoms with Crippen LogP contribution in [0.25, 0.3) is 0 Å². The van der Waals surface area contributed by atoms with Gasteiger partial charge in [-0.15, -0.1) is 0 Å². The number of carbonyl (C=O) groups is 3. The normalized spacial score (nSPS) is 14.3. The number of phosphoric ester groups is 1. The lowest BCUT2D eigenvalue weighted by Crippen LogP contribution is -2.30. The van der Waals surface area contributed by atoms with Gasteiger partial charge in [-0.1, -0.05) is 224 Å². The van der Waals surface area contributed by atoms with E-state index in [4.69, 9.17) is 23.3 Å². The molecule has 3 unspecified atom stereocenters. The van der Waals surface area contributed by atoms with E-state index in [9.17, 15) is 28.9 Å². The predicted octanol–water partition coefficient (Wildman–Crippen LogP) is 18.7.